The summed E-state index contributed by atoms with van der Waals surface area (Å²) in [6.45, 7) is 13.4. The normalized spacial score (nSPS) is 12.4. The number of hydrogen-bond acceptors (Lipinski definition) is 1. The summed E-state index contributed by atoms with van der Waals surface area (Å²) in [5, 5.41) is 0. The van der Waals surface area contributed by atoms with Crippen LogP contribution in [-0.2, 0) is 4.79 Å². The van der Waals surface area contributed by atoms with Gasteiger partial charge in [0.2, 0.25) is 0 Å². The molecule has 0 aliphatic rings. The van der Waals surface area contributed by atoms with Gasteiger partial charge in [-0.15, -0.1) is 0 Å². The quantitative estimate of drug-likeness (QED) is 0.100. The van der Waals surface area contributed by atoms with Gasteiger partial charge in [-0.1, -0.05) is 136 Å². The minimum Gasteiger partial charge on any atom is -0.300 e. The molecule has 0 aromatic carbocycles. The Kier molecular flexibility index (Phi) is 23.1. The van der Waals surface area contributed by atoms with Gasteiger partial charge in [-0.2, -0.15) is 0 Å². The highest BCUT2D eigenvalue weighted by molar-refractivity contribution is 5.75. The number of allylic oxidation sites excluding steroid dienone is 1. The highest BCUT2D eigenvalue weighted by Crippen LogP contribution is 2.33. The second kappa shape index (κ2) is 23.6. The molecule has 190 valence electrons. The maximum Gasteiger partial charge on any atom is 0.129 e. The van der Waals surface area contributed by atoms with E-state index >= 15 is 0 Å². The minimum atomic E-state index is 0.342. The lowest BCUT2D eigenvalue weighted by Crippen LogP contribution is -2.13. The highest BCUT2D eigenvalue weighted by atomic mass is 16.1. The Balaban J connectivity index is 4.39. The fraction of sp³-hybridized carbons (Fsp3) is 0.903. The summed E-state index contributed by atoms with van der Waals surface area (Å²) >= 11 is 0. The van der Waals surface area contributed by atoms with Gasteiger partial charge >= 0.3 is 0 Å². The van der Waals surface area contributed by atoms with Crippen molar-refractivity contribution < 1.29 is 4.79 Å². The lowest BCUT2D eigenvalue weighted by molar-refractivity contribution is -0.117. The Morgan fingerprint density at radius 2 is 0.938 bits per heavy atom. The van der Waals surface area contributed by atoms with Crippen molar-refractivity contribution in [1.82, 2.24) is 0 Å². The molecule has 1 atom stereocenters. The van der Waals surface area contributed by atoms with Crippen LogP contribution >= 0.6 is 0 Å². The van der Waals surface area contributed by atoms with Crippen molar-refractivity contribution in [3.05, 3.63) is 12.2 Å². The SMILES string of the molecule is C=C(C(CC)CCCCCCCC(C)=O)C(CCCCCCCC)CCCCCCCC. The summed E-state index contributed by atoms with van der Waals surface area (Å²) < 4.78 is 0. The van der Waals surface area contributed by atoms with Crippen LogP contribution in [0.4, 0.5) is 0 Å². The van der Waals surface area contributed by atoms with Crippen molar-refractivity contribution in [2.75, 3.05) is 0 Å². The van der Waals surface area contributed by atoms with Crippen LogP contribution in [0, 0.1) is 11.8 Å². The molecule has 0 spiro atoms. The number of carbonyl (C=O) groups excluding carboxylic acids is 1. The van der Waals surface area contributed by atoms with Crippen LogP contribution in [0.25, 0.3) is 0 Å². The summed E-state index contributed by atoms with van der Waals surface area (Å²) in [7, 11) is 0. The first-order valence-corrected chi connectivity index (χ1v) is 14.7. The van der Waals surface area contributed by atoms with Crippen molar-refractivity contribution in [1.29, 1.82) is 0 Å². The number of unbranched alkanes of at least 4 members (excludes halogenated alkanes) is 14. The van der Waals surface area contributed by atoms with Gasteiger partial charge in [-0.3, -0.25) is 0 Å². The molecule has 0 bridgehead atoms. The molecule has 1 nitrogen and oxygen atoms in total. The number of hydrogen-bond donors (Lipinski definition) is 0. The van der Waals surface area contributed by atoms with Gasteiger partial charge in [-0.05, 0) is 50.9 Å². The van der Waals surface area contributed by atoms with Gasteiger partial charge < -0.3 is 4.79 Å². The van der Waals surface area contributed by atoms with Gasteiger partial charge in [0.25, 0.3) is 0 Å². The first-order chi connectivity index (χ1) is 15.6. The van der Waals surface area contributed by atoms with E-state index in [4.69, 9.17) is 6.58 Å². The van der Waals surface area contributed by atoms with Crippen LogP contribution in [0.1, 0.15) is 169 Å². The summed E-state index contributed by atoms with van der Waals surface area (Å²) in [5.74, 6) is 1.82. The van der Waals surface area contributed by atoms with E-state index in [0.29, 0.717) is 5.78 Å². The number of rotatable bonds is 25. The van der Waals surface area contributed by atoms with E-state index in [0.717, 1.165) is 24.7 Å². The number of Topliss-reactive ketones (excluding diaryl/α,β-unsaturated/α-hetero) is 1. The monoisotopic (exact) mass is 448 g/mol. The van der Waals surface area contributed by atoms with Crippen LogP contribution in [-0.4, -0.2) is 5.78 Å². The molecule has 0 heterocycles. The number of ketones is 1. The Labute approximate surface area is 203 Å². The van der Waals surface area contributed by atoms with Crippen LogP contribution in [0.3, 0.4) is 0 Å². The molecule has 0 saturated carbocycles. The Hall–Kier alpha value is -0.590. The van der Waals surface area contributed by atoms with E-state index in [2.05, 4.69) is 20.8 Å². The molecule has 0 aromatic rings. The Bertz CT molecular complexity index is 408. The van der Waals surface area contributed by atoms with E-state index in [-0.39, 0.29) is 0 Å². The summed E-state index contributed by atoms with van der Waals surface area (Å²) in [5.41, 5.74) is 1.59. The predicted molar refractivity (Wildman–Crippen MR) is 145 cm³/mol. The molecular formula is C31H60O. The van der Waals surface area contributed by atoms with Gasteiger partial charge in [0.15, 0.2) is 0 Å². The Morgan fingerprint density at radius 1 is 0.562 bits per heavy atom. The average Bonchev–Trinajstić information content (AvgIpc) is 2.78. The van der Waals surface area contributed by atoms with E-state index in [1.54, 1.807) is 12.5 Å². The van der Waals surface area contributed by atoms with Gasteiger partial charge in [0, 0.05) is 6.42 Å². The molecular weight excluding hydrogens is 388 g/mol. The third-order valence-electron chi connectivity index (χ3n) is 7.44. The zero-order valence-corrected chi connectivity index (χ0v) is 22.8. The second-order valence-corrected chi connectivity index (χ2v) is 10.5. The van der Waals surface area contributed by atoms with E-state index < -0.39 is 0 Å². The fourth-order valence-electron chi connectivity index (χ4n) is 5.14. The topological polar surface area (TPSA) is 17.1 Å². The molecule has 0 radical (unpaired) electrons. The molecule has 0 aliphatic carbocycles. The maximum atomic E-state index is 11.1. The van der Waals surface area contributed by atoms with Crippen LogP contribution in [0.2, 0.25) is 0 Å². The molecule has 0 saturated heterocycles. The van der Waals surface area contributed by atoms with Crippen LogP contribution in [0.5, 0.6) is 0 Å². The van der Waals surface area contributed by atoms with Crippen molar-refractivity contribution >= 4 is 5.78 Å². The molecule has 0 aromatic heterocycles. The molecule has 0 rings (SSSR count). The average molecular weight is 449 g/mol. The zero-order chi connectivity index (χ0) is 23.9. The van der Waals surface area contributed by atoms with E-state index in [9.17, 15) is 4.79 Å². The smallest absolute Gasteiger partial charge is 0.129 e. The third-order valence-corrected chi connectivity index (χ3v) is 7.44. The molecule has 32 heavy (non-hydrogen) atoms. The second-order valence-electron chi connectivity index (χ2n) is 10.5. The highest BCUT2D eigenvalue weighted by Gasteiger charge is 2.19. The van der Waals surface area contributed by atoms with E-state index in [1.165, 1.54) is 128 Å². The largest absolute Gasteiger partial charge is 0.300 e. The van der Waals surface area contributed by atoms with Crippen molar-refractivity contribution in [3.63, 3.8) is 0 Å². The van der Waals surface area contributed by atoms with Crippen molar-refractivity contribution in [2.24, 2.45) is 11.8 Å². The van der Waals surface area contributed by atoms with Crippen molar-refractivity contribution in [2.45, 2.75) is 169 Å². The standard InChI is InChI=1S/C31H60O/c1-6-9-11-13-17-22-26-31(27-23-18-14-12-10-7-2)29(5)30(8-3)25-21-19-15-16-20-24-28(4)32/h30-31H,5-27H2,1-4H3. The zero-order valence-electron chi connectivity index (χ0n) is 22.8. The maximum absolute atomic E-state index is 11.1. The lowest BCUT2D eigenvalue weighted by atomic mass is 9.79. The third kappa shape index (κ3) is 18.9. The summed E-state index contributed by atoms with van der Waals surface area (Å²) in [4.78, 5) is 11.1. The minimum absolute atomic E-state index is 0.342. The molecule has 0 fully saturated rings. The first-order valence-electron chi connectivity index (χ1n) is 14.7. The number of carbonyl (C=O) groups is 1. The van der Waals surface area contributed by atoms with Gasteiger partial charge in [0.05, 0.1) is 0 Å². The van der Waals surface area contributed by atoms with Gasteiger partial charge in [-0.25, -0.2) is 0 Å². The molecule has 1 heteroatoms. The van der Waals surface area contributed by atoms with Gasteiger partial charge in [0.1, 0.15) is 5.78 Å². The van der Waals surface area contributed by atoms with Crippen LogP contribution < -0.4 is 0 Å². The first kappa shape index (κ1) is 31.4. The molecule has 1 unspecified atom stereocenters. The molecule has 0 N–H and O–H groups in total. The van der Waals surface area contributed by atoms with E-state index in [1.807, 2.05) is 0 Å². The summed E-state index contributed by atoms with van der Waals surface area (Å²) in [6.07, 6.45) is 29.1. The predicted octanol–water partition coefficient (Wildman–Crippen LogP) is 11.0. The molecule has 0 aliphatic heterocycles. The summed E-state index contributed by atoms with van der Waals surface area (Å²) in [6, 6.07) is 0. The Morgan fingerprint density at radius 3 is 1.34 bits per heavy atom. The lowest BCUT2D eigenvalue weighted by Gasteiger charge is -2.27. The van der Waals surface area contributed by atoms with Crippen molar-refractivity contribution in [3.8, 4) is 0 Å². The fourth-order valence-corrected chi connectivity index (χ4v) is 5.14. The molecule has 0 amide bonds. The van der Waals surface area contributed by atoms with Crippen LogP contribution in [0.15, 0.2) is 12.2 Å².